The summed E-state index contributed by atoms with van der Waals surface area (Å²) in [6.07, 6.45) is 0. The van der Waals surface area contributed by atoms with Crippen LogP contribution in [0.25, 0.3) is 0 Å². The van der Waals surface area contributed by atoms with E-state index in [9.17, 15) is 10.2 Å². The SMILES string of the molecule is Oc1c(CBr)cc(Cl)cc1CBr.Oc1c(CBr)cc(Cl)cc1CBr.[Br-].[Br-]. The van der Waals surface area contributed by atoms with Crippen LogP contribution in [0.3, 0.4) is 0 Å². The first kappa shape index (κ1) is 29.7. The first-order chi connectivity index (χ1) is 11.4. The van der Waals surface area contributed by atoms with Gasteiger partial charge in [0.25, 0.3) is 0 Å². The second-order valence-corrected chi connectivity index (χ2v) is 7.80. The van der Waals surface area contributed by atoms with Gasteiger partial charge in [0.15, 0.2) is 0 Å². The molecule has 0 radical (unpaired) electrons. The maximum Gasteiger partial charge on any atom is 0.123 e. The Morgan fingerprint density at radius 1 is 0.577 bits per heavy atom. The normalized spacial score (nSPS) is 9.46. The van der Waals surface area contributed by atoms with Gasteiger partial charge >= 0.3 is 0 Å². The quantitative estimate of drug-likeness (QED) is 0.464. The molecule has 148 valence electrons. The highest BCUT2D eigenvalue weighted by Crippen LogP contribution is 2.31. The number of phenols is 2. The molecule has 2 aromatic rings. The van der Waals surface area contributed by atoms with Crippen LogP contribution >= 0.6 is 86.9 Å². The Bertz CT molecular complexity index is 591. The molecule has 0 amide bonds. The summed E-state index contributed by atoms with van der Waals surface area (Å²) in [6, 6.07) is 6.99. The summed E-state index contributed by atoms with van der Waals surface area (Å²) in [5.74, 6) is 0.626. The van der Waals surface area contributed by atoms with Crippen molar-refractivity contribution in [2.45, 2.75) is 21.3 Å². The molecule has 0 atom stereocenters. The van der Waals surface area contributed by atoms with Gasteiger partial charge in [-0.3, -0.25) is 0 Å². The third-order valence-corrected chi connectivity index (χ3v) is 5.89. The molecule has 2 nitrogen and oxygen atoms in total. The van der Waals surface area contributed by atoms with Crippen molar-refractivity contribution in [3.05, 3.63) is 56.6 Å². The smallest absolute Gasteiger partial charge is 0.123 e. The number of hydrogen-bond acceptors (Lipinski definition) is 2. The van der Waals surface area contributed by atoms with Crippen LogP contribution < -0.4 is 34.0 Å². The molecule has 2 rings (SSSR count). The standard InChI is InChI=1S/2C8H7Br2ClO.2BrH/c2*9-3-5-1-7(11)2-6(4-10)8(5)12;;/h2*1-2,12H,3-4H2;2*1H/p-2. The number of aromatic hydroxyl groups is 2. The second kappa shape index (κ2) is 15.4. The topological polar surface area (TPSA) is 40.5 Å². The van der Waals surface area contributed by atoms with E-state index in [0.717, 1.165) is 22.3 Å². The number of rotatable bonds is 4. The molecule has 0 bridgehead atoms. The number of alkyl halides is 4. The second-order valence-electron chi connectivity index (χ2n) is 4.68. The summed E-state index contributed by atoms with van der Waals surface area (Å²) in [5, 5.41) is 22.9. The summed E-state index contributed by atoms with van der Waals surface area (Å²) < 4.78 is 0. The molecule has 2 aromatic carbocycles. The average Bonchev–Trinajstić information content (AvgIpc) is 2.58. The molecule has 10 heteroatoms. The molecule has 2 N–H and O–H groups in total. The maximum atomic E-state index is 9.59. The predicted molar refractivity (Wildman–Crippen MR) is 117 cm³/mol. The van der Waals surface area contributed by atoms with Crippen molar-refractivity contribution in [1.82, 2.24) is 0 Å². The van der Waals surface area contributed by atoms with Gasteiger partial charge in [-0.05, 0) is 24.3 Å². The van der Waals surface area contributed by atoms with Crippen LogP contribution in [0.15, 0.2) is 24.3 Å². The summed E-state index contributed by atoms with van der Waals surface area (Å²) in [4.78, 5) is 0. The number of halogens is 8. The first-order valence-electron chi connectivity index (χ1n) is 6.62. The third kappa shape index (κ3) is 8.89. The van der Waals surface area contributed by atoms with Crippen molar-refractivity contribution in [3.8, 4) is 11.5 Å². The molecule has 0 aliphatic carbocycles. The largest absolute Gasteiger partial charge is 1.00 e. The van der Waals surface area contributed by atoms with E-state index in [1.165, 1.54) is 0 Å². The van der Waals surface area contributed by atoms with E-state index in [0.29, 0.717) is 42.9 Å². The fourth-order valence-corrected chi connectivity index (χ4v) is 4.08. The fraction of sp³-hybridized carbons (Fsp3) is 0.250. The van der Waals surface area contributed by atoms with Crippen LogP contribution in [-0.4, -0.2) is 10.2 Å². The van der Waals surface area contributed by atoms with Crippen molar-refractivity contribution in [3.63, 3.8) is 0 Å². The van der Waals surface area contributed by atoms with E-state index in [1.807, 2.05) is 0 Å². The van der Waals surface area contributed by atoms with Gasteiger partial charge in [0.1, 0.15) is 11.5 Å². The molecule has 0 aromatic heterocycles. The summed E-state index contributed by atoms with van der Waals surface area (Å²) in [6.45, 7) is 0. The van der Waals surface area contributed by atoms with Crippen LogP contribution in [0.1, 0.15) is 22.3 Å². The molecule has 0 unspecified atom stereocenters. The molecule has 0 heterocycles. The highest BCUT2D eigenvalue weighted by atomic mass is 79.9. The molecule has 0 fully saturated rings. The van der Waals surface area contributed by atoms with Gasteiger partial charge in [-0.15, -0.1) is 0 Å². The minimum Gasteiger partial charge on any atom is -1.00 e. The zero-order valence-corrected chi connectivity index (χ0v) is 24.1. The molecule has 0 saturated carbocycles. The van der Waals surface area contributed by atoms with Crippen molar-refractivity contribution in [2.75, 3.05) is 0 Å². The highest BCUT2D eigenvalue weighted by molar-refractivity contribution is 9.09. The van der Waals surface area contributed by atoms with Gasteiger partial charge in [0.05, 0.1) is 0 Å². The van der Waals surface area contributed by atoms with Gasteiger partial charge in [-0.2, -0.15) is 0 Å². The number of hydrogen-bond donors (Lipinski definition) is 2. The molecule has 26 heavy (non-hydrogen) atoms. The van der Waals surface area contributed by atoms with E-state index < -0.39 is 0 Å². The van der Waals surface area contributed by atoms with Crippen LogP contribution in [0, 0.1) is 0 Å². The lowest BCUT2D eigenvalue weighted by Gasteiger charge is -2.06. The van der Waals surface area contributed by atoms with Crippen LogP contribution in [0.4, 0.5) is 0 Å². The Hall–Kier alpha value is 1.50. The average molecular weight is 789 g/mol. The Balaban J connectivity index is 0. The lowest BCUT2D eigenvalue weighted by molar-refractivity contribution is -0.001000. The van der Waals surface area contributed by atoms with Gasteiger partial charge in [0, 0.05) is 53.6 Å². The molecular weight excluding hydrogens is 775 g/mol. The predicted octanol–water partition coefficient (Wildman–Crippen LogP) is 1.68. The maximum absolute atomic E-state index is 9.59. The van der Waals surface area contributed by atoms with E-state index in [-0.39, 0.29) is 34.0 Å². The van der Waals surface area contributed by atoms with Crippen molar-refractivity contribution < 1.29 is 44.2 Å². The molecule has 0 aliphatic rings. The zero-order valence-electron chi connectivity index (χ0n) is 13.1. The highest BCUT2D eigenvalue weighted by Gasteiger charge is 2.07. The lowest BCUT2D eigenvalue weighted by atomic mass is 10.1. The summed E-state index contributed by atoms with van der Waals surface area (Å²) >= 11 is 24.7. The monoisotopic (exact) mass is 782 g/mol. The molecular formula is C16H14Br6Cl2O2-2. The van der Waals surface area contributed by atoms with Crippen LogP contribution in [-0.2, 0) is 21.3 Å². The minimum absolute atomic E-state index is 0. The van der Waals surface area contributed by atoms with E-state index in [1.54, 1.807) is 24.3 Å². The first-order valence-corrected chi connectivity index (χ1v) is 11.9. The Morgan fingerprint density at radius 3 is 0.923 bits per heavy atom. The number of phenolic OH excluding ortho intramolecular Hbond substituents is 2. The molecule has 0 aliphatic heterocycles. The Kier molecular flexibility index (Phi) is 17.5. The lowest BCUT2D eigenvalue weighted by Crippen LogP contribution is -3.00. The van der Waals surface area contributed by atoms with Crippen molar-refractivity contribution >= 4 is 86.9 Å². The third-order valence-electron chi connectivity index (χ3n) is 3.04. The van der Waals surface area contributed by atoms with Gasteiger partial charge in [0.2, 0.25) is 0 Å². The van der Waals surface area contributed by atoms with Gasteiger partial charge in [-0.25, -0.2) is 0 Å². The van der Waals surface area contributed by atoms with E-state index in [2.05, 4.69) is 63.7 Å². The molecule has 0 saturated heterocycles. The van der Waals surface area contributed by atoms with Crippen molar-refractivity contribution in [2.24, 2.45) is 0 Å². The van der Waals surface area contributed by atoms with Gasteiger partial charge < -0.3 is 44.2 Å². The van der Waals surface area contributed by atoms with E-state index in [4.69, 9.17) is 23.2 Å². The van der Waals surface area contributed by atoms with E-state index >= 15 is 0 Å². The summed E-state index contributed by atoms with van der Waals surface area (Å²) in [7, 11) is 0. The Labute approximate surface area is 218 Å². The zero-order chi connectivity index (χ0) is 18.3. The van der Waals surface area contributed by atoms with Crippen molar-refractivity contribution in [1.29, 1.82) is 0 Å². The van der Waals surface area contributed by atoms with Crippen LogP contribution in [0.5, 0.6) is 11.5 Å². The molecule has 0 spiro atoms. The summed E-state index contributed by atoms with van der Waals surface area (Å²) in [5.41, 5.74) is 3.27. The fourth-order valence-electron chi connectivity index (χ4n) is 1.84. The minimum atomic E-state index is 0. The van der Waals surface area contributed by atoms with Gasteiger partial charge in [-0.1, -0.05) is 86.9 Å². The number of benzene rings is 2. The van der Waals surface area contributed by atoms with Crippen LogP contribution in [0.2, 0.25) is 10.0 Å². The Morgan fingerprint density at radius 2 is 0.769 bits per heavy atom.